The number of benzene rings is 1. The Morgan fingerprint density at radius 2 is 2.00 bits per heavy atom. The number of fused-ring (bicyclic) bond motifs is 1. The summed E-state index contributed by atoms with van der Waals surface area (Å²) in [5.41, 5.74) is 1.49. The number of halogens is 1. The van der Waals surface area contributed by atoms with E-state index in [-0.39, 0.29) is 11.6 Å². The van der Waals surface area contributed by atoms with Gasteiger partial charge in [-0.15, -0.1) is 11.3 Å². The summed E-state index contributed by atoms with van der Waals surface area (Å²) >= 11 is 1.55. The highest BCUT2D eigenvalue weighted by Gasteiger charge is 2.23. The third-order valence-electron chi connectivity index (χ3n) is 3.26. The molecule has 0 spiro atoms. The van der Waals surface area contributed by atoms with Crippen molar-refractivity contribution in [3.8, 4) is 0 Å². The van der Waals surface area contributed by atoms with Crippen molar-refractivity contribution >= 4 is 27.9 Å². The third-order valence-corrected chi connectivity index (χ3v) is 4.45. The number of aromatic nitrogens is 1. The van der Waals surface area contributed by atoms with Gasteiger partial charge in [-0.05, 0) is 37.1 Å². The lowest BCUT2D eigenvalue weighted by atomic mass is 10.0. The van der Waals surface area contributed by atoms with E-state index in [1.807, 2.05) is 11.9 Å². The molecule has 3 rings (SSSR count). The standard InChI is InChI=1S/C14H13FN2OS/c1-17(10-7-5-9(15)6-8-10)14-16-13-11(18)3-2-4-12(13)19-14/h5-8H,2-4H2,1H3. The summed E-state index contributed by atoms with van der Waals surface area (Å²) in [6.07, 6.45) is 2.43. The Labute approximate surface area is 114 Å². The van der Waals surface area contributed by atoms with Crippen LogP contribution in [0.3, 0.4) is 0 Å². The van der Waals surface area contributed by atoms with Crippen LogP contribution in [0.4, 0.5) is 15.2 Å². The van der Waals surface area contributed by atoms with Crippen LogP contribution in [0.15, 0.2) is 24.3 Å². The molecule has 0 N–H and O–H groups in total. The van der Waals surface area contributed by atoms with E-state index in [1.54, 1.807) is 23.5 Å². The van der Waals surface area contributed by atoms with Crippen LogP contribution >= 0.6 is 11.3 Å². The Hall–Kier alpha value is -1.75. The van der Waals surface area contributed by atoms with E-state index in [0.717, 1.165) is 28.5 Å². The number of rotatable bonds is 2. The van der Waals surface area contributed by atoms with Crippen molar-refractivity contribution in [3.05, 3.63) is 40.7 Å². The average molecular weight is 276 g/mol. The van der Waals surface area contributed by atoms with Crippen LogP contribution < -0.4 is 4.90 Å². The van der Waals surface area contributed by atoms with Crippen molar-refractivity contribution in [2.75, 3.05) is 11.9 Å². The molecule has 1 aliphatic rings. The molecule has 98 valence electrons. The molecule has 0 unspecified atom stereocenters. The minimum atomic E-state index is -0.259. The van der Waals surface area contributed by atoms with Gasteiger partial charge in [0, 0.05) is 24.0 Å². The molecule has 0 amide bonds. The second-order valence-corrected chi connectivity index (χ2v) is 5.64. The third kappa shape index (κ3) is 2.26. The van der Waals surface area contributed by atoms with Gasteiger partial charge >= 0.3 is 0 Å². The fourth-order valence-corrected chi connectivity index (χ4v) is 3.28. The number of hydrogen-bond acceptors (Lipinski definition) is 4. The molecular weight excluding hydrogens is 263 g/mol. The smallest absolute Gasteiger partial charge is 0.190 e. The molecule has 1 heterocycles. The van der Waals surface area contributed by atoms with Gasteiger partial charge in [0.1, 0.15) is 11.5 Å². The van der Waals surface area contributed by atoms with Gasteiger partial charge in [0.25, 0.3) is 0 Å². The van der Waals surface area contributed by atoms with Crippen molar-refractivity contribution in [1.82, 2.24) is 4.98 Å². The first kappa shape index (κ1) is 12.3. The maximum absolute atomic E-state index is 12.9. The zero-order valence-electron chi connectivity index (χ0n) is 10.5. The van der Waals surface area contributed by atoms with Crippen LogP contribution in [0.2, 0.25) is 0 Å². The van der Waals surface area contributed by atoms with E-state index >= 15 is 0 Å². The molecule has 3 nitrogen and oxygen atoms in total. The molecular formula is C14H13FN2OS. The van der Waals surface area contributed by atoms with E-state index in [1.165, 1.54) is 12.1 Å². The highest BCUT2D eigenvalue weighted by molar-refractivity contribution is 7.16. The van der Waals surface area contributed by atoms with Gasteiger partial charge in [-0.2, -0.15) is 0 Å². The van der Waals surface area contributed by atoms with E-state index in [4.69, 9.17) is 0 Å². The Bertz CT molecular complexity index is 621. The zero-order valence-corrected chi connectivity index (χ0v) is 11.3. The van der Waals surface area contributed by atoms with E-state index in [2.05, 4.69) is 4.98 Å². The maximum Gasteiger partial charge on any atom is 0.190 e. The van der Waals surface area contributed by atoms with Crippen LogP contribution in [-0.4, -0.2) is 17.8 Å². The fourth-order valence-electron chi connectivity index (χ4n) is 2.17. The number of nitrogens with zero attached hydrogens (tertiary/aromatic N) is 2. The van der Waals surface area contributed by atoms with Crippen LogP contribution in [0, 0.1) is 5.82 Å². The van der Waals surface area contributed by atoms with Crippen LogP contribution in [0.25, 0.3) is 0 Å². The molecule has 2 aromatic rings. The summed E-state index contributed by atoms with van der Waals surface area (Å²) in [5, 5.41) is 0.784. The average Bonchev–Trinajstić information content (AvgIpc) is 2.84. The predicted molar refractivity (Wildman–Crippen MR) is 73.8 cm³/mol. The SMILES string of the molecule is CN(c1ccc(F)cc1)c1nc2c(s1)CCCC2=O. The zero-order chi connectivity index (χ0) is 13.4. The molecule has 0 aliphatic heterocycles. The lowest BCUT2D eigenvalue weighted by molar-refractivity contribution is 0.0968. The van der Waals surface area contributed by atoms with Gasteiger partial charge in [-0.25, -0.2) is 9.37 Å². The van der Waals surface area contributed by atoms with Crippen molar-refractivity contribution in [2.24, 2.45) is 0 Å². The van der Waals surface area contributed by atoms with Gasteiger partial charge in [0.2, 0.25) is 0 Å². The number of aryl methyl sites for hydroxylation is 1. The normalized spacial score (nSPS) is 14.3. The Morgan fingerprint density at radius 3 is 2.68 bits per heavy atom. The van der Waals surface area contributed by atoms with Crippen molar-refractivity contribution in [3.63, 3.8) is 0 Å². The van der Waals surface area contributed by atoms with Crippen LogP contribution in [0.5, 0.6) is 0 Å². The molecule has 5 heteroatoms. The first-order valence-electron chi connectivity index (χ1n) is 6.17. The van der Waals surface area contributed by atoms with E-state index in [9.17, 15) is 9.18 Å². The van der Waals surface area contributed by atoms with Crippen molar-refractivity contribution < 1.29 is 9.18 Å². The number of Topliss-reactive ketones (excluding diaryl/α,β-unsaturated/α-hetero) is 1. The summed E-state index contributed by atoms with van der Waals surface area (Å²) in [6, 6.07) is 6.25. The molecule has 1 aliphatic carbocycles. The minimum absolute atomic E-state index is 0.135. The Balaban J connectivity index is 1.94. The number of anilines is 2. The summed E-state index contributed by atoms with van der Waals surface area (Å²) < 4.78 is 12.9. The molecule has 19 heavy (non-hydrogen) atoms. The van der Waals surface area contributed by atoms with Crippen LogP contribution in [-0.2, 0) is 6.42 Å². The first-order valence-corrected chi connectivity index (χ1v) is 6.99. The molecule has 0 atom stereocenters. The molecule has 0 fully saturated rings. The maximum atomic E-state index is 12.9. The highest BCUT2D eigenvalue weighted by atomic mass is 32.1. The van der Waals surface area contributed by atoms with E-state index in [0.29, 0.717) is 12.1 Å². The second kappa shape index (κ2) is 4.74. The topological polar surface area (TPSA) is 33.2 Å². The van der Waals surface area contributed by atoms with Gasteiger partial charge in [-0.1, -0.05) is 0 Å². The molecule has 1 aromatic carbocycles. The number of thiazole rings is 1. The minimum Gasteiger partial charge on any atom is -0.321 e. The van der Waals surface area contributed by atoms with Crippen LogP contribution in [0.1, 0.15) is 28.2 Å². The van der Waals surface area contributed by atoms with E-state index < -0.39 is 0 Å². The number of carbonyl (C=O) groups is 1. The summed E-state index contributed by atoms with van der Waals surface area (Å²) in [5.74, 6) is -0.123. The van der Waals surface area contributed by atoms with Crippen molar-refractivity contribution in [2.45, 2.75) is 19.3 Å². The quantitative estimate of drug-likeness (QED) is 0.840. The van der Waals surface area contributed by atoms with Gasteiger partial charge < -0.3 is 4.90 Å². The first-order chi connectivity index (χ1) is 9.15. The monoisotopic (exact) mass is 276 g/mol. The Morgan fingerprint density at radius 1 is 1.26 bits per heavy atom. The second-order valence-electron chi connectivity index (χ2n) is 4.58. The number of ketones is 1. The Kier molecular flexibility index (Phi) is 3.06. The predicted octanol–water partition coefficient (Wildman–Crippen LogP) is 3.57. The molecule has 1 aromatic heterocycles. The molecule has 0 radical (unpaired) electrons. The molecule has 0 bridgehead atoms. The number of carbonyl (C=O) groups excluding carboxylic acids is 1. The number of hydrogen-bond donors (Lipinski definition) is 0. The van der Waals surface area contributed by atoms with Gasteiger partial charge in [0.05, 0.1) is 0 Å². The summed E-state index contributed by atoms with van der Waals surface area (Å²) in [4.78, 5) is 19.2. The molecule has 0 saturated carbocycles. The molecule has 0 saturated heterocycles. The highest BCUT2D eigenvalue weighted by Crippen LogP contribution is 2.34. The summed E-state index contributed by atoms with van der Waals surface area (Å²) in [7, 11) is 1.88. The van der Waals surface area contributed by atoms with Crippen molar-refractivity contribution in [1.29, 1.82) is 0 Å². The fraction of sp³-hybridized carbons (Fsp3) is 0.286. The van der Waals surface area contributed by atoms with Gasteiger partial charge in [-0.3, -0.25) is 4.79 Å². The van der Waals surface area contributed by atoms with Gasteiger partial charge in [0.15, 0.2) is 10.9 Å². The largest absolute Gasteiger partial charge is 0.321 e. The lowest BCUT2D eigenvalue weighted by Gasteiger charge is -2.15. The lowest BCUT2D eigenvalue weighted by Crippen LogP contribution is -2.11. The summed E-state index contributed by atoms with van der Waals surface area (Å²) in [6.45, 7) is 0.